The summed E-state index contributed by atoms with van der Waals surface area (Å²) >= 11 is 0. The van der Waals surface area contributed by atoms with Crippen LogP contribution >= 0.6 is 0 Å². The third-order valence-electron chi connectivity index (χ3n) is 3.02. The highest BCUT2D eigenvalue weighted by atomic mass is 16.6. The third-order valence-corrected chi connectivity index (χ3v) is 3.02. The summed E-state index contributed by atoms with van der Waals surface area (Å²) in [5.41, 5.74) is -0.282. The first-order chi connectivity index (χ1) is 9.81. The van der Waals surface area contributed by atoms with Crippen molar-refractivity contribution >= 4 is 5.97 Å². The number of carbonyl (C=O) groups is 1. The van der Waals surface area contributed by atoms with E-state index in [4.69, 9.17) is 19.7 Å². The molecule has 0 radical (unpaired) electrons. The van der Waals surface area contributed by atoms with Crippen molar-refractivity contribution in [2.75, 3.05) is 6.61 Å². The number of carbonyl (C=O) groups excluding carboxylic acids is 1. The fraction of sp³-hybridized carbons (Fsp3) is 0.417. The van der Waals surface area contributed by atoms with E-state index in [0.29, 0.717) is 0 Å². The topological polar surface area (TPSA) is 157 Å². The van der Waals surface area contributed by atoms with Crippen LogP contribution in [-0.4, -0.2) is 67.8 Å². The molecule has 21 heavy (non-hydrogen) atoms. The maximum absolute atomic E-state index is 11.8. The largest absolute Gasteiger partial charge is 0.504 e. The number of aliphatic hydroxyl groups excluding tert-OH is 3. The van der Waals surface area contributed by atoms with Crippen molar-refractivity contribution in [3.63, 3.8) is 0 Å². The van der Waals surface area contributed by atoms with Crippen LogP contribution in [0.2, 0.25) is 0 Å². The molecule has 0 saturated carbocycles. The summed E-state index contributed by atoms with van der Waals surface area (Å²) in [5.74, 6) is -3.27. The summed E-state index contributed by atoms with van der Waals surface area (Å²) in [5, 5.41) is 56.0. The lowest BCUT2D eigenvalue weighted by Crippen LogP contribution is -2.54. The lowest BCUT2D eigenvalue weighted by Gasteiger charge is -2.34. The molecule has 1 aromatic carbocycles. The molecule has 9 nitrogen and oxygen atoms in total. The van der Waals surface area contributed by atoms with Gasteiger partial charge in [-0.3, -0.25) is 0 Å². The zero-order valence-corrected chi connectivity index (χ0v) is 10.6. The van der Waals surface area contributed by atoms with Crippen LogP contribution in [0.3, 0.4) is 0 Å². The second-order valence-corrected chi connectivity index (χ2v) is 4.51. The summed E-state index contributed by atoms with van der Waals surface area (Å²) in [6.07, 6.45) is -6.03. The minimum Gasteiger partial charge on any atom is -0.504 e. The maximum atomic E-state index is 11.8. The number of rotatable bonds is 2. The number of phenolic OH excluding ortho intramolecular Hbond substituents is 3. The van der Waals surface area contributed by atoms with Crippen LogP contribution in [0.1, 0.15) is 10.4 Å². The second-order valence-electron chi connectivity index (χ2n) is 4.51. The van der Waals surface area contributed by atoms with Crippen LogP contribution in [0.15, 0.2) is 12.1 Å². The maximum Gasteiger partial charge on any atom is 0.338 e. The van der Waals surface area contributed by atoms with Crippen LogP contribution in [0.5, 0.6) is 17.2 Å². The number of aromatic hydroxyl groups is 3. The van der Waals surface area contributed by atoms with Crippen molar-refractivity contribution in [3.8, 4) is 17.2 Å². The number of hydrogen-bond acceptors (Lipinski definition) is 9. The molecule has 6 N–H and O–H groups in total. The zero-order chi connectivity index (χ0) is 15.7. The molecule has 0 spiro atoms. The van der Waals surface area contributed by atoms with Crippen molar-refractivity contribution < 1.29 is 44.9 Å². The molecular formula is C12H14O9. The van der Waals surface area contributed by atoms with Gasteiger partial charge in [-0.25, -0.2) is 4.79 Å². The molecule has 9 heteroatoms. The Morgan fingerprint density at radius 3 is 2.24 bits per heavy atom. The Balaban J connectivity index is 2.11. The van der Waals surface area contributed by atoms with E-state index >= 15 is 0 Å². The average Bonchev–Trinajstić information content (AvgIpc) is 2.44. The van der Waals surface area contributed by atoms with E-state index in [1.54, 1.807) is 0 Å². The quantitative estimate of drug-likeness (QED) is 0.279. The van der Waals surface area contributed by atoms with E-state index in [-0.39, 0.29) is 12.2 Å². The first kappa shape index (κ1) is 15.3. The average molecular weight is 302 g/mol. The van der Waals surface area contributed by atoms with E-state index in [1.165, 1.54) is 0 Å². The van der Waals surface area contributed by atoms with Crippen LogP contribution in [0.25, 0.3) is 0 Å². The summed E-state index contributed by atoms with van der Waals surface area (Å²) in [6, 6.07) is 1.72. The standard InChI is InChI=1S/C12H14O9/c13-5-1-4(2-6(14)8(5)15)11(18)21-7-3-20-12(19)10(17)9(7)16/h1-2,7,9-10,12-17,19H,3H2/t7-,9-,10+,12+/m0/s1. The van der Waals surface area contributed by atoms with Crippen molar-refractivity contribution in [3.05, 3.63) is 17.7 Å². The fourth-order valence-electron chi connectivity index (χ4n) is 1.81. The molecule has 1 aliphatic rings. The van der Waals surface area contributed by atoms with E-state index in [1.807, 2.05) is 0 Å². The Kier molecular flexibility index (Phi) is 4.19. The molecule has 0 aromatic heterocycles. The summed E-state index contributed by atoms with van der Waals surface area (Å²) in [4.78, 5) is 11.8. The van der Waals surface area contributed by atoms with Gasteiger partial charge >= 0.3 is 5.97 Å². The number of esters is 1. The van der Waals surface area contributed by atoms with Crippen LogP contribution in [-0.2, 0) is 9.47 Å². The molecule has 1 saturated heterocycles. The Hall–Kier alpha value is -2.07. The highest BCUT2D eigenvalue weighted by molar-refractivity contribution is 5.91. The first-order valence-electron chi connectivity index (χ1n) is 5.93. The molecule has 1 fully saturated rings. The number of hydrogen-bond donors (Lipinski definition) is 6. The molecule has 0 unspecified atom stereocenters. The zero-order valence-electron chi connectivity index (χ0n) is 10.6. The highest BCUT2D eigenvalue weighted by Gasteiger charge is 2.39. The molecule has 0 bridgehead atoms. The Morgan fingerprint density at radius 2 is 1.67 bits per heavy atom. The van der Waals surface area contributed by atoms with E-state index in [2.05, 4.69) is 0 Å². The minimum atomic E-state index is -1.64. The smallest absolute Gasteiger partial charge is 0.338 e. The molecule has 2 rings (SSSR count). The molecule has 1 aliphatic heterocycles. The Morgan fingerprint density at radius 1 is 1.10 bits per heavy atom. The number of benzene rings is 1. The fourth-order valence-corrected chi connectivity index (χ4v) is 1.81. The van der Waals surface area contributed by atoms with E-state index in [0.717, 1.165) is 12.1 Å². The van der Waals surface area contributed by atoms with Gasteiger partial charge in [-0.15, -0.1) is 0 Å². The van der Waals surface area contributed by atoms with Crippen molar-refractivity contribution in [1.29, 1.82) is 0 Å². The van der Waals surface area contributed by atoms with Crippen LogP contribution in [0.4, 0.5) is 0 Å². The van der Waals surface area contributed by atoms with Gasteiger partial charge < -0.3 is 40.1 Å². The molecule has 1 aromatic rings. The molecule has 0 amide bonds. The first-order valence-corrected chi connectivity index (χ1v) is 5.93. The lowest BCUT2D eigenvalue weighted by atomic mass is 10.1. The van der Waals surface area contributed by atoms with Crippen molar-refractivity contribution in [1.82, 2.24) is 0 Å². The minimum absolute atomic E-state index is 0.282. The third kappa shape index (κ3) is 3.00. The number of phenols is 3. The van der Waals surface area contributed by atoms with Gasteiger partial charge in [0.25, 0.3) is 0 Å². The summed E-state index contributed by atoms with van der Waals surface area (Å²) in [7, 11) is 0. The molecule has 116 valence electrons. The van der Waals surface area contributed by atoms with Gasteiger partial charge in [-0.2, -0.15) is 0 Å². The van der Waals surface area contributed by atoms with Gasteiger partial charge in [0.15, 0.2) is 29.6 Å². The van der Waals surface area contributed by atoms with Crippen molar-refractivity contribution in [2.45, 2.75) is 24.6 Å². The van der Waals surface area contributed by atoms with Gasteiger partial charge in [0.05, 0.1) is 12.2 Å². The predicted octanol–water partition coefficient (Wildman–Crippen LogP) is -1.60. The van der Waals surface area contributed by atoms with Gasteiger partial charge in [0, 0.05) is 0 Å². The summed E-state index contributed by atoms with van der Waals surface area (Å²) in [6.45, 7) is -0.346. The van der Waals surface area contributed by atoms with E-state index < -0.39 is 47.8 Å². The monoisotopic (exact) mass is 302 g/mol. The number of ether oxygens (including phenoxy) is 2. The van der Waals surface area contributed by atoms with E-state index in [9.17, 15) is 25.2 Å². The molecular weight excluding hydrogens is 288 g/mol. The van der Waals surface area contributed by atoms with Gasteiger partial charge in [0.1, 0.15) is 12.2 Å². The predicted molar refractivity (Wildman–Crippen MR) is 64.6 cm³/mol. The van der Waals surface area contributed by atoms with Gasteiger partial charge in [0.2, 0.25) is 0 Å². The molecule has 4 atom stereocenters. The second kappa shape index (κ2) is 5.74. The lowest BCUT2D eigenvalue weighted by molar-refractivity contribution is -0.251. The van der Waals surface area contributed by atoms with Crippen LogP contribution < -0.4 is 0 Å². The molecule has 1 heterocycles. The highest BCUT2D eigenvalue weighted by Crippen LogP contribution is 2.35. The normalized spacial score (nSPS) is 29.1. The summed E-state index contributed by atoms with van der Waals surface area (Å²) < 4.78 is 9.58. The van der Waals surface area contributed by atoms with Gasteiger partial charge in [-0.05, 0) is 12.1 Å². The van der Waals surface area contributed by atoms with Gasteiger partial charge in [-0.1, -0.05) is 0 Å². The Bertz CT molecular complexity index is 521. The van der Waals surface area contributed by atoms with Crippen LogP contribution in [0, 0.1) is 0 Å². The SMILES string of the molecule is O=C(O[C@H]1CO[C@@H](O)[C@H](O)[C@H]1O)c1cc(O)c(O)c(O)c1. The molecule has 0 aliphatic carbocycles. The Labute approximate surface area is 118 Å². The van der Waals surface area contributed by atoms with Crippen molar-refractivity contribution in [2.24, 2.45) is 0 Å². The number of aliphatic hydroxyl groups is 3.